The lowest BCUT2D eigenvalue weighted by Gasteiger charge is -2.15. The largest absolute Gasteiger partial charge is 0.485 e. The van der Waals surface area contributed by atoms with E-state index in [1.807, 2.05) is 13.0 Å². The third-order valence-corrected chi connectivity index (χ3v) is 5.93. The van der Waals surface area contributed by atoms with Crippen LogP contribution < -0.4 is 21.4 Å². The number of nitrogens with two attached hydrogens (primary N) is 1. The second kappa shape index (κ2) is 10.9. The SMILES string of the molecule is Cc1ccc(C(C)C)c(OCc2nnc(S[C@@H](C)C(=O)NNC(=O)c3ccccc3)n2N)c1. The van der Waals surface area contributed by atoms with Gasteiger partial charge < -0.3 is 10.6 Å². The molecule has 10 heteroatoms. The first-order valence-corrected chi connectivity index (χ1v) is 11.4. The maximum absolute atomic E-state index is 12.4. The van der Waals surface area contributed by atoms with Crippen molar-refractivity contribution in [3.8, 4) is 5.75 Å². The molecule has 4 N–H and O–H groups in total. The lowest BCUT2D eigenvalue weighted by Crippen LogP contribution is -2.45. The zero-order chi connectivity index (χ0) is 24.0. The van der Waals surface area contributed by atoms with Gasteiger partial charge in [-0.3, -0.25) is 20.4 Å². The summed E-state index contributed by atoms with van der Waals surface area (Å²) < 4.78 is 7.29. The zero-order valence-corrected chi connectivity index (χ0v) is 19.8. The minimum Gasteiger partial charge on any atom is -0.485 e. The van der Waals surface area contributed by atoms with Crippen LogP contribution in [0.4, 0.5) is 0 Å². The van der Waals surface area contributed by atoms with E-state index in [0.29, 0.717) is 22.5 Å². The van der Waals surface area contributed by atoms with Crippen LogP contribution in [0.5, 0.6) is 5.75 Å². The van der Waals surface area contributed by atoms with Crippen molar-refractivity contribution < 1.29 is 14.3 Å². The molecule has 0 bridgehead atoms. The Balaban J connectivity index is 1.56. The number of thioether (sulfide) groups is 1. The monoisotopic (exact) mass is 468 g/mol. The zero-order valence-electron chi connectivity index (χ0n) is 19.0. The van der Waals surface area contributed by atoms with Crippen molar-refractivity contribution in [2.45, 2.75) is 50.6 Å². The number of carbonyl (C=O) groups is 2. The van der Waals surface area contributed by atoms with Crippen LogP contribution in [0.2, 0.25) is 0 Å². The van der Waals surface area contributed by atoms with E-state index in [1.165, 1.54) is 4.68 Å². The molecule has 1 aromatic heterocycles. The maximum atomic E-state index is 12.4. The minimum atomic E-state index is -0.578. The molecule has 0 aliphatic carbocycles. The first-order valence-electron chi connectivity index (χ1n) is 10.5. The Bertz CT molecular complexity index is 1120. The van der Waals surface area contributed by atoms with E-state index in [4.69, 9.17) is 10.6 Å². The minimum absolute atomic E-state index is 0.140. The van der Waals surface area contributed by atoms with E-state index in [2.05, 4.69) is 47.0 Å². The predicted molar refractivity (Wildman–Crippen MR) is 127 cm³/mol. The Kier molecular flexibility index (Phi) is 7.94. The second-order valence-corrected chi connectivity index (χ2v) is 9.13. The van der Waals surface area contributed by atoms with Crippen LogP contribution in [0.25, 0.3) is 0 Å². The molecule has 0 fully saturated rings. The van der Waals surface area contributed by atoms with Crippen molar-refractivity contribution in [1.29, 1.82) is 0 Å². The molecule has 0 aliphatic rings. The number of rotatable bonds is 8. The van der Waals surface area contributed by atoms with E-state index < -0.39 is 17.1 Å². The molecule has 3 rings (SSSR count). The molecule has 9 nitrogen and oxygen atoms in total. The van der Waals surface area contributed by atoms with E-state index in [9.17, 15) is 9.59 Å². The highest BCUT2D eigenvalue weighted by Gasteiger charge is 2.20. The number of carbonyl (C=O) groups excluding carboxylic acids is 2. The molecule has 2 amide bonds. The number of hydrogen-bond acceptors (Lipinski definition) is 7. The van der Waals surface area contributed by atoms with Crippen molar-refractivity contribution in [2.24, 2.45) is 0 Å². The van der Waals surface area contributed by atoms with Gasteiger partial charge in [0.15, 0.2) is 5.82 Å². The Morgan fingerprint density at radius 1 is 1.09 bits per heavy atom. The number of nitrogen functional groups attached to an aromatic ring is 1. The van der Waals surface area contributed by atoms with Gasteiger partial charge in [0.1, 0.15) is 12.4 Å². The third-order valence-electron chi connectivity index (χ3n) is 4.87. The van der Waals surface area contributed by atoms with Gasteiger partial charge in [-0.2, -0.15) is 0 Å². The van der Waals surface area contributed by atoms with E-state index in [0.717, 1.165) is 28.6 Å². The van der Waals surface area contributed by atoms with Gasteiger partial charge >= 0.3 is 0 Å². The normalized spacial score (nSPS) is 11.8. The lowest BCUT2D eigenvalue weighted by atomic mass is 10.0. The summed E-state index contributed by atoms with van der Waals surface area (Å²) in [7, 11) is 0. The molecule has 174 valence electrons. The van der Waals surface area contributed by atoms with Crippen LogP contribution >= 0.6 is 11.8 Å². The highest BCUT2D eigenvalue weighted by atomic mass is 32.2. The van der Waals surface area contributed by atoms with Crippen LogP contribution in [-0.4, -0.2) is 31.9 Å². The van der Waals surface area contributed by atoms with Crippen LogP contribution in [0.3, 0.4) is 0 Å². The number of hydrazine groups is 1. The molecule has 0 aliphatic heterocycles. The van der Waals surface area contributed by atoms with Crippen molar-refractivity contribution in [3.05, 3.63) is 71.0 Å². The van der Waals surface area contributed by atoms with Gasteiger partial charge in [0.05, 0.1) is 5.25 Å². The standard InChI is InChI=1S/C23H28N6O3S/c1-14(2)18-11-10-15(3)12-19(18)32-13-20-25-28-23(29(20)24)33-16(4)21(30)26-27-22(31)17-8-6-5-7-9-17/h5-12,14,16H,13,24H2,1-4H3,(H,26,30)(H,27,31)/t16-/m0/s1. The van der Waals surface area contributed by atoms with Gasteiger partial charge in [-0.1, -0.05) is 55.9 Å². The quantitative estimate of drug-likeness (QED) is 0.264. The molecule has 0 unspecified atom stereocenters. The van der Waals surface area contributed by atoms with Crippen LogP contribution in [0, 0.1) is 6.92 Å². The highest BCUT2D eigenvalue weighted by Crippen LogP contribution is 2.28. The molecule has 0 spiro atoms. The van der Waals surface area contributed by atoms with Crippen molar-refractivity contribution in [1.82, 2.24) is 25.7 Å². The second-order valence-electron chi connectivity index (χ2n) is 7.82. The molecule has 3 aromatic rings. The van der Waals surface area contributed by atoms with E-state index in [-0.39, 0.29) is 6.61 Å². The summed E-state index contributed by atoms with van der Waals surface area (Å²) in [4.78, 5) is 24.4. The molecular formula is C23H28N6O3S. The predicted octanol–water partition coefficient (Wildman–Crippen LogP) is 2.94. The summed E-state index contributed by atoms with van der Waals surface area (Å²) in [6.07, 6.45) is 0. The first kappa shape index (κ1) is 24.1. The molecule has 1 atom stereocenters. The number of amides is 2. The van der Waals surface area contributed by atoms with Gasteiger partial charge in [-0.25, -0.2) is 4.68 Å². The van der Waals surface area contributed by atoms with Gasteiger partial charge in [-0.15, -0.1) is 10.2 Å². The third kappa shape index (κ3) is 6.26. The Hall–Kier alpha value is -3.53. The van der Waals surface area contributed by atoms with E-state index in [1.54, 1.807) is 37.3 Å². The topological polar surface area (TPSA) is 124 Å². The molecule has 1 heterocycles. The van der Waals surface area contributed by atoms with Crippen LogP contribution in [0.15, 0.2) is 53.7 Å². The number of ether oxygens (including phenoxy) is 1. The van der Waals surface area contributed by atoms with Crippen LogP contribution in [0.1, 0.15) is 54.0 Å². The van der Waals surface area contributed by atoms with Crippen LogP contribution in [-0.2, 0) is 11.4 Å². The summed E-state index contributed by atoms with van der Waals surface area (Å²) in [5.41, 5.74) is 7.45. The number of benzene rings is 2. The Morgan fingerprint density at radius 2 is 1.82 bits per heavy atom. The Morgan fingerprint density at radius 3 is 2.52 bits per heavy atom. The number of nitrogens with one attached hydrogen (secondary N) is 2. The molecule has 2 aromatic carbocycles. The van der Waals surface area contributed by atoms with Crippen molar-refractivity contribution >= 4 is 23.6 Å². The number of hydrogen-bond donors (Lipinski definition) is 3. The summed E-state index contributed by atoms with van der Waals surface area (Å²) >= 11 is 1.12. The van der Waals surface area contributed by atoms with Crippen molar-refractivity contribution in [2.75, 3.05) is 5.84 Å². The molecular weight excluding hydrogens is 440 g/mol. The van der Waals surface area contributed by atoms with Gasteiger partial charge in [0, 0.05) is 5.56 Å². The molecule has 0 radical (unpaired) electrons. The fraction of sp³-hybridized carbons (Fsp3) is 0.304. The number of nitrogens with zero attached hydrogens (tertiary/aromatic N) is 3. The summed E-state index contributed by atoms with van der Waals surface area (Å²) in [5, 5.41) is 7.95. The fourth-order valence-electron chi connectivity index (χ4n) is 2.97. The summed E-state index contributed by atoms with van der Waals surface area (Å²) in [5.74, 6) is 6.85. The Labute approximate surface area is 197 Å². The van der Waals surface area contributed by atoms with Gasteiger partial charge in [0.2, 0.25) is 5.16 Å². The van der Waals surface area contributed by atoms with E-state index >= 15 is 0 Å². The number of aromatic nitrogens is 3. The highest BCUT2D eigenvalue weighted by molar-refractivity contribution is 8.00. The summed E-state index contributed by atoms with van der Waals surface area (Å²) in [6.45, 7) is 8.03. The molecule has 0 saturated heterocycles. The maximum Gasteiger partial charge on any atom is 0.269 e. The smallest absolute Gasteiger partial charge is 0.269 e. The number of aryl methyl sites for hydroxylation is 1. The lowest BCUT2D eigenvalue weighted by molar-refractivity contribution is -0.121. The molecule has 33 heavy (non-hydrogen) atoms. The van der Waals surface area contributed by atoms with Gasteiger partial charge in [-0.05, 0) is 49.1 Å². The average Bonchev–Trinajstić information content (AvgIpc) is 3.15. The van der Waals surface area contributed by atoms with Crippen molar-refractivity contribution in [3.63, 3.8) is 0 Å². The first-order chi connectivity index (χ1) is 15.8. The summed E-state index contributed by atoms with van der Waals surface area (Å²) in [6, 6.07) is 14.7. The van der Waals surface area contributed by atoms with Gasteiger partial charge in [0.25, 0.3) is 11.8 Å². The average molecular weight is 469 g/mol. The fourth-order valence-corrected chi connectivity index (χ4v) is 3.75. The molecule has 0 saturated carbocycles.